The van der Waals surface area contributed by atoms with Crippen LogP contribution in [0, 0.1) is 17.2 Å². The number of hydrogen-bond donors (Lipinski definition) is 3. The molecule has 6 aliphatic heterocycles. The third kappa shape index (κ3) is 10.3. The van der Waals surface area contributed by atoms with Crippen LogP contribution in [0.25, 0.3) is 32.9 Å². The highest BCUT2D eigenvalue weighted by Crippen LogP contribution is 2.53. The number of rotatable bonds is 17. The maximum absolute atomic E-state index is 17.0. The normalized spacial score (nSPS) is 23.1. The Morgan fingerprint density at radius 1 is 0.868 bits per heavy atom. The summed E-state index contributed by atoms with van der Waals surface area (Å²) < 4.78 is 23.3. The summed E-state index contributed by atoms with van der Waals surface area (Å²) in [5.74, 6) is 0.199. The lowest BCUT2D eigenvalue weighted by Gasteiger charge is -2.53. The fourth-order valence-electron chi connectivity index (χ4n) is 14.0. The van der Waals surface area contributed by atoms with Crippen LogP contribution in [-0.2, 0) is 22.6 Å². The second-order valence-electron chi connectivity index (χ2n) is 23.3. The molecular formula is C59H74FN11O5. The van der Waals surface area contributed by atoms with E-state index in [1.165, 1.54) is 64.7 Å². The van der Waals surface area contributed by atoms with Gasteiger partial charge in [-0.25, -0.2) is 4.39 Å². The number of unbranched alkanes of at least 4 members (excludes halogenated alkanes) is 2. The number of aromatic nitrogens is 3. The molecule has 3 atom stereocenters. The average molecular weight is 1040 g/mol. The van der Waals surface area contributed by atoms with Crippen molar-refractivity contribution in [1.82, 2.24) is 45.2 Å². The zero-order chi connectivity index (χ0) is 52.1. The average Bonchev–Trinajstić information content (AvgIpc) is 3.99. The third-order valence-electron chi connectivity index (χ3n) is 18.2. The summed E-state index contributed by atoms with van der Waals surface area (Å²) in [5, 5.41) is 19.1. The highest BCUT2D eigenvalue weighted by atomic mass is 19.1. The monoisotopic (exact) mass is 1040 g/mol. The number of likely N-dealkylation sites (tertiary alicyclic amines) is 1. The van der Waals surface area contributed by atoms with Crippen molar-refractivity contribution >= 4 is 50.9 Å². The van der Waals surface area contributed by atoms with Crippen LogP contribution in [0.1, 0.15) is 99.0 Å². The number of carbonyl (C=O) groups is 3. The number of carbonyl (C=O) groups excluding carboxylic acids is 3. The minimum atomic E-state index is -0.589. The minimum absolute atomic E-state index is 0.0596. The first-order valence-corrected chi connectivity index (χ1v) is 28.4. The second kappa shape index (κ2) is 21.4. The molecule has 3 amide bonds. The molecule has 3 N–H and O–H groups in total. The van der Waals surface area contributed by atoms with E-state index in [1.54, 1.807) is 23.2 Å². The maximum Gasteiger partial charge on any atom is 0.319 e. The van der Waals surface area contributed by atoms with E-state index in [0.29, 0.717) is 65.9 Å². The zero-order valence-corrected chi connectivity index (χ0v) is 44.4. The SMILES string of the molecule is CCc1cccc2cc(O)cc(-c3ncc4c(N5CC6CCC(C5)N6)nc(OCCN(C)CCCCCN5CCC6(CC5)CC(CN5CCN(c7ccc8c(c7)CN([C@H]7CCC(=O)NC7=O)C8=O)CC5)C6)nc4c3F)c12. The molecule has 8 heterocycles. The van der Waals surface area contributed by atoms with Crippen LogP contribution in [0.4, 0.5) is 15.9 Å². The van der Waals surface area contributed by atoms with Gasteiger partial charge in [0.15, 0.2) is 5.82 Å². The summed E-state index contributed by atoms with van der Waals surface area (Å²) in [6, 6.07) is 15.7. The van der Waals surface area contributed by atoms with Crippen LogP contribution in [0.3, 0.4) is 0 Å². The maximum atomic E-state index is 17.0. The fourth-order valence-corrected chi connectivity index (χ4v) is 14.0. The van der Waals surface area contributed by atoms with Crippen molar-refractivity contribution < 1.29 is 28.6 Å². The zero-order valence-electron chi connectivity index (χ0n) is 44.4. The summed E-state index contributed by atoms with van der Waals surface area (Å²) in [7, 11) is 2.13. The number of fused-ring (bicyclic) bond motifs is 5. The molecule has 1 spiro atoms. The third-order valence-corrected chi connectivity index (χ3v) is 18.2. The Kier molecular flexibility index (Phi) is 14.3. The lowest BCUT2D eigenvalue weighted by atomic mass is 9.57. The molecular weight excluding hydrogens is 962 g/mol. The highest BCUT2D eigenvalue weighted by Gasteiger charge is 2.46. The van der Waals surface area contributed by atoms with E-state index < -0.39 is 11.9 Å². The number of halogens is 1. The van der Waals surface area contributed by atoms with Gasteiger partial charge in [-0.15, -0.1) is 0 Å². The van der Waals surface area contributed by atoms with Crippen molar-refractivity contribution in [3.05, 3.63) is 77.2 Å². The number of benzene rings is 3. The number of nitrogens with one attached hydrogen (secondary N) is 2. The van der Waals surface area contributed by atoms with Crippen molar-refractivity contribution in [2.45, 2.75) is 109 Å². The molecule has 76 heavy (non-hydrogen) atoms. The molecule has 12 rings (SSSR count). The predicted octanol–water partition coefficient (Wildman–Crippen LogP) is 6.75. The summed E-state index contributed by atoms with van der Waals surface area (Å²) in [5.41, 5.74) is 5.24. The second-order valence-corrected chi connectivity index (χ2v) is 23.3. The van der Waals surface area contributed by atoms with E-state index in [2.05, 4.69) is 61.2 Å². The van der Waals surface area contributed by atoms with Crippen LogP contribution in [0.2, 0.25) is 0 Å². The number of pyridine rings is 1. The van der Waals surface area contributed by atoms with Gasteiger partial charge in [-0.3, -0.25) is 29.6 Å². The van der Waals surface area contributed by atoms with Gasteiger partial charge in [0, 0.05) is 100 Å². The molecule has 2 unspecified atom stereocenters. The first-order valence-electron chi connectivity index (χ1n) is 28.4. The number of likely N-dealkylation sites (N-methyl/N-ethyl adjacent to an activating group) is 1. The number of ether oxygens (including phenoxy) is 1. The number of phenols is 1. The number of phenolic OH excluding ortho intramolecular Hbond substituents is 1. The van der Waals surface area contributed by atoms with Gasteiger partial charge in [0.05, 0.1) is 5.39 Å². The number of piperidine rings is 2. The molecule has 1 saturated carbocycles. The van der Waals surface area contributed by atoms with Gasteiger partial charge in [0.1, 0.15) is 35.4 Å². The largest absolute Gasteiger partial charge is 0.508 e. The molecule has 1 aliphatic carbocycles. The molecule has 402 valence electrons. The summed E-state index contributed by atoms with van der Waals surface area (Å²) in [4.78, 5) is 65.7. The molecule has 7 aliphatic rings. The van der Waals surface area contributed by atoms with E-state index in [-0.39, 0.29) is 47.1 Å². The number of aromatic hydroxyl groups is 1. The number of aryl methyl sites for hydroxylation is 1. The minimum Gasteiger partial charge on any atom is -0.508 e. The van der Waals surface area contributed by atoms with Crippen molar-refractivity contribution in [1.29, 1.82) is 0 Å². The molecule has 2 aromatic heterocycles. The topological polar surface area (TPSA) is 163 Å². The van der Waals surface area contributed by atoms with E-state index in [9.17, 15) is 19.5 Å². The number of hydrogen-bond acceptors (Lipinski definition) is 14. The highest BCUT2D eigenvalue weighted by molar-refractivity contribution is 6.06. The summed E-state index contributed by atoms with van der Waals surface area (Å²) >= 11 is 0. The van der Waals surface area contributed by atoms with Crippen molar-refractivity contribution in [3.8, 4) is 23.0 Å². The summed E-state index contributed by atoms with van der Waals surface area (Å²) in [6.07, 6.45) is 14.2. The van der Waals surface area contributed by atoms with E-state index in [0.717, 1.165) is 105 Å². The van der Waals surface area contributed by atoms with Crippen LogP contribution in [0.15, 0.2) is 54.7 Å². The van der Waals surface area contributed by atoms with Gasteiger partial charge < -0.3 is 39.7 Å². The van der Waals surface area contributed by atoms with Crippen molar-refractivity contribution in [2.24, 2.45) is 11.3 Å². The van der Waals surface area contributed by atoms with E-state index in [1.807, 2.05) is 24.3 Å². The number of nitrogens with zero attached hydrogens (tertiary/aromatic N) is 9. The number of piperazine rings is 2. The van der Waals surface area contributed by atoms with Gasteiger partial charge in [-0.1, -0.05) is 31.5 Å². The van der Waals surface area contributed by atoms with Gasteiger partial charge >= 0.3 is 6.01 Å². The van der Waals surface area contributed by atoms with E-state index >= 15 is 4.39 Å². The van der Waals surface area contributed by atoms with Gasteiger partial charge in [0.2, 0.25) is 11.8 Å². The molecule has 5 aromatic rings. The Morgan fingerprint density at radius 3 is 2.45 bits per heavy atom. The van der Waals surface area contributed by atoms with Crippen molar-refractivity contribution in [2.75, 3.05) is 102 Å². The Morgan fingerprint density at radius 2 is 1.67 bits per heavy atom. The lowest BCUT2D eigenvalue weighted by molar-refractivity contribution is -0.136. The van der Waals surface area contributed by atoms with Crippen LogP contribution < -0.4 is 25.2 Å². The first-order chi connectivity index (χ1) is 37.0. The summed E-state index contributed by atoms with van der Waals surface area (Å²) in [6.45, 7) is 14.9. The Hall–Kier alpha value is -6.01. The predicted molar refractivity (Wildman–Crippen MR) is 292 cm³/mol. The van der Waals surface area contributed by atoms with Crippen LogP contribution in [-0.4, -0.2) is 168 Å². The van der Waals surface area contributed by atoms with Crippen LogP contribution in [0.5, 0.6) is 11.8 Å². The molecule has 5 saturated heterocycles. The van der Waals surface area contributed by atoms with Gasteiger partial charge in [-0.2, -0.15) is 9.97 Å². The molecule has 16 nitrogen and oxygen atoms in total. The Labute approximate surface area is 445 Å². The fraction of sp³-hybridized carbons (Fsp3) is 0.559. The standard InChI is InChI=1S/C59H74FN11O5/c1-3-39-8-7-9-40-29-45(72)30-47(51(39)40)53-52(60)54-48(33-61-53)55(70-36-42-10-11-43(37-70)62-42)65-58(64-54)76-27-26-66(2)18-5-4-6-19-67-20-16-59(17-21-67)31-38(32-59)34-68-22-24-69(25-23-68)44-12-13-46-41(28-44)35-71(57(46)75)49-14-15-50(73)63-56(49)74/h7-9,12-13,28-30,33,38,42-43,49,62,72H,3-6,10-11,14-27,31-32,34-37H2,1-2H3,(H,63,73,74)/t42?,43?,49-/m0/s1. The lowest BCUT2D eigenvalue weighted by Crippen LogP contribution is -2.52. The number of amides is 3. The van der Waals surface area contributed by atoms with Gasteiger partial charge in [-0.05, 0) is 161 Å². The molecule has 2 bridgehead atoms. The van der Waals surface area contributed by atoms with E-state index in [4.69, 9.17) is 19.7 Å². The Balaban J connectivity index is 0.569. The van der Waals surface area contributed by atoms with Crippen molar-refractivity contribution in [3.63, 3.8) is 0 Å². The number of imide groups is 1. The molecule has 6 fully saturated rings. The smallest absolute Gasteiger partial charge is 0.319 e. The number of anilines is 2. The molecule has 3 aromatic carbocycles. The molecule has 0 radical (unpaired) electrons. The van der Waals surface area contributed by atoms with Crippen LogP contribution >= 0.6 is 0 Å². The Bertz CT molecular complexity index is 2990. The molecule has 17 heteroatoms. The quantitative estimate of drug-likeness (QED) is 0.0663. The van der Waals surface area contributed by atoms with Gasteiger partial charge in [0.25, 0.3) is 5.91 Å². The first kappa shape index (κ1) is 50.8.